The number of hydrogen-bond donors (Lipinski definition) is 1. The summed E-state index contributed by atoms with van der Waals surface area (Å²) in [6, 6.07) is 10.8. The van der Waals surface area contributed by atoms with Crippen LogP contribution in [0.3, 0.4) is 0 Å². The SMILES string of the molecule is COC(=O)c1cc(N)cc(C2=C(c3cc(C(F)(F)F)ccc3OCc3ccc(F)cc3F)CCC2)c1. The van der Waals surface area contributed by atoms with Gasteiger partial charge in [-0.2, -0.15) is 13.2 Å². The maximum absolute atomic E-state index is 14.1. The first-order valence-electron chi connectivity index (χ1n) is 11.1. The lowest BCUT2D eigenvalue weighted by Crippen LogP contribution is -2.07. The van der Waals surface area contributed by atoms with Crippen molar-refractivity contribution in [1.82, 2.24) is 0 Å². The van der Waals surface area contributed by atoms with Crippen molar-refractivity contribution in [2.45, 2.75) is 32.0 Å². The molecule has 0 unspecified atom stereocenters. The topological polar surface area (TPSA) is 61.5 Å². The Labute approximate surface area is 204 Å². The summed E-state index contributed by atoms with van der Waals surface area (Å²) in [5.74, 6) is -2.04. The second kappa shape index (κ2) is 10.0. The molecular weight excluding hydrogens is 481 g/mol. The van der Waals surface area contributed by atoms with Gasteiger partial charge in [-0.15, -0.1) is 0 Å². The normalized spacial score (nSPS) is 13.7. The predicted octanol–water partition coefficient (Wildman–Crippen LogP) is 7.03. The molecule has 0 aromatic heterocycles. The van der Waals surface area contributed by atoms with Crippen LogP contribution in [0.1, 0.15) is 51.9 Å². The molecule has 0 radical (unpaired) electrons. The number of methoxy groups -OCH3 is 1. The van der Waals surface area contributed by atoms with E-state index in [1.807, 2.05) is 0 Å². The van der Waals surface area contributed by atoms with Gasteiger partial charge in [0, 0.05) is 22.9 Å². The first-order chi connectivity index (χ1) is 17.1. The van der Waals surface area contributed by atoms with Gasteiger partial charge >= 0.3 is 12.1 Å². The molecule has 188 valence electrons. The summed E-state index contributed by atoms with van der Waals surface area (Å²) in [6.07, 6.45) is -2.93. The van der Waals surface area contributed by atoms with Crippen LogP contribution in [0.25, 0.3) is 11.1 Å². The number of alkyl halides is 3. The van der Waals surface area contributed by atoms with E-state index in [2.05, 4.69) is 0 Å². The fraction of sp³-hybridized carbons (Fsp3) is 0.222. The van der Waals surface area contributed by atoms with Crippen molar-refractivity contribution in [3.05, 3.63) is 94.0 Å². The molecule has 0 aliphatic heterocycles. The van der Waals surface area contributed by atoms with Crippen LogP contribution in [0.4, 0.5) is 27.6 Å². The van der Waals surface area contributed by atoms with Crippen LogP contribution in [-0.4, -0.2) is 13.1 Å². The van der Waals surface area contributed by atoms with Gasteiger partial charge in [0.2, 0.25) is 0 Å². The molecule has 0 spiro atoms. The molecule has 3 aromatic carbocycles. The minimum atomic E-state index is -4.59. The van der Waals surface area contributed by atoms with Crippen LogP contribution in [0.15, 0.2) is 54.6 Å². The Morgan fingerprint density at radius 2 is 1.72 bits per heavy atom. The zero-order valence-corrected chi connectivity index (χ0v) is 19.2. The van der Waals surface area contributed by atoms with E-state index in [0.29, 0.717) is 42.2 Å². The maximum Gasteiger partial charge on any atom is 0.416 e. The second-order valence-corrected chi connectivity index (χ2v) is 8.38. The number of nitrogens with two attached hydrogens (primary N) is 1. The number of benzene rings is 3. The Kier molecular flexibility index (Phi) is 7.01. The van der Waals surface area contributed by atoms with Crippen molar-refractivity contribution >= 4 is 22.8 Å². The number of rotatable bonds is 6. The first kappa shape index (κ1) is 25.2. The number of nitrogen functional groups attached to an aromatic ring is 1. The molecule has 4 rings (SSSR count). The number of allylic oxidation sites excluding steroid dienone is 2. The van der Waals surface area contributed by atoms with E-state index in [1.165, 1.54) is 25.3 Å². The number of esters is 1. The summed E-state index contributed by atoms with van der Waals surface area (Å²) in [7, 11) is 1.24. The van der Waals surface area contributed by atoms with Gasteiger partial charge < -0.3 is 15.2 Å². The molecule has 0 amide bonds. The summed E-state index contributed by atoms with van der Waals surface area (Å²) in [5.41, 5.74) is 7.84. The summed E-state index contributed by atoms with van der Waals surface area (Å²) < 4.78 is 78.6. The van der Waals surface area contributed by atoms with Gasteiger partial charge in [0.15, 0.2) is 0 Å². The zero-order chi connectivity index (χ0) is 26.0. The van der Waals surface area contributed by atoms with Gasteiger partial charge in [0.1, 0.15) is 24.0 Å². The fourth-order valence-corrected chi connectivity index (χ4v) is 4.28. The van der Waals surface area contributed by atoms with E-state index in [4.69, 9.17) is 15.2 Å². The third-order valence-electron chi connectivity index (χ3n) is 5.97. The fourth-order valence-electron chi connectivity index (χ4n) is 4.28. The maximum atomic E-state index is 14.1. The Hall–Kier alpha value is -3.88. The van der Waals surface area contributed by atoms with Gasteiger partial charge in [-0.1, -0.05) is 0 Å². The molecule has 0 saturated heterocycles. The van der Waals surface area contributed by atoms with Crippen molar-refractivity contribution in [3.8, 4) is 5.75 Å². The smallest absolute Gasteiger partial charge is 0.416 e. The van der Waals surface area contributed by atoms with Crippen molar-refractivity contribution in [1.29, 1.82) is 0 Å². The van der Waals surface area contributed by atoms with E-state index >= 15 is 0 Å². The molecule has 0 saturated carbocycles. The Morgan fingerprint density at radius 3 is 2.42 bits per heavy atom. The van der Waals surface area contributed by atoms with Gasteiger partial charge in [0.05, 0.1) is 18.2 Å². The number of anilines is 1. The largest absolute Gasteiger partial charge is 0.488 e. The van der Waals surface area contributed by atoms with Gasteiger partial charge in [0.25, 0.3) is 0 Å². The molecular formula is C27H22F5NO3. The Morgan fingerprint density at radius 1 is 0.972 bits per heavy atom. The third-order valence-corrected chi connectivity index (χ3v) is 5.97. The van der Waals surface area contributed by atoms with E-state index in [-0.39, 0.29) is 29.0 Å². The highest BCUT2D eigenvalue weighted by atomic mass is 19.4. The second-order valence-electron chi connectivity index (χ2n) is 8.38. The Balaban J connectivity index is 1.80. The van der Waals surface area contributed by atoms with Crippen LogP contribution < -0.4 is 10.5 Å². The quantitative estimate of drug-likeness (QED) is 0.223. The number of carbonyl (C=O) groups is 1. The van der Waals surface area contributed by atoms with Crippen LogP contribution in [-0.2, 0) is 17.5 Å². The van der Waals surface area contributed by atoms with Gasteiger partial charge in [-0.25, -0.2) is 13.6 Å². The van der Waals surface area contributed by atoms with Crippen molar-refractivity contribution in [2.75, 3.05) is 12.8 Å². The highest BCUT2D eigenvalue weighted by Gasteiger charge is 2.32. The van der Waals surface area contributed by atoms with Crippen molar-refractivity contribution in [3.63, 3.8) is 0 Å². The summed E-state index contributed by atoms with van der Waals surface area (Å²) >= 11 is 0. The summed E-state index contributed by atoms with van der Waals surface area (Å²) in [5, 5.41) is 0. The standard InChI is InChI=1S/C27H22F5NO3/c1-35-26(34)17-9-16(10-20(33)11-17)21-3-2-4-22(21)23-12-18(27(30,31)32)6-8-25(23)36-14-15-5-7-19(28)13-24(15)29/h5-13H,2-4,14,33H2,1H3. The Bertz CT molecular complexity index is 1350. The molecule has 1 aliphatic rings. The van der Waals surface area contributed by atoms with Crippen LogP contribution in [0.5, 0.6) is 5.75 Å². The summed E-state index contributed by atoms with van der Waals surface area (Å²) in [4.78, 5) is 12.1. The number of hydrogen-bond acceptors (Lipinski definition) is 4. The number of ether oxygens (including phenoxy) is 2. The lowest BCUT2D eigenvalue weighted by molar-refractivity contribution is -0.137. The van der Waals surface area contributed by atoms with E-state index in [0.717, 1.165) is 23.8 Å². The lowest BCUT2D eigenvalue weighted by Gasteiger charge is -2.18. The minimum Gasteiger partial charge on any atom is -0.488 e. The molecule has 3 aromatic rings. The highest BCUT2D eigenvalue weighted by molar-refractivity contribution is 5.97. The molecule has 0 atom stereocenters. The molecule has 0 bridgehead atoms. The monoisotopic (exact) mass is 503 g/mol. The zero-order valence-electron chi connectivity index (χ0n) is 19.2. The third kappa shape index (κ3) is 5.35. The molecule has 0 fully saturated rings. The van der Waals surface area contributed by atoms with Gasteiger partial charge in [-0.05, 0) is 84.5 Å². The van der Waals surface area contributed by atoms with E-state index in [1.54, 1.807) is 12.1 Å². The van der Waals surface area contributed by atoms with Crippen molar-refractivity contribution < 1.29 is 36.2 Å². The van der Waals surface area contributed by atoms with Crippen LogP contribution >= 0.6 is 0 Å². The van der Waals surface area contributed by atoms with Crippen LogP contribution in [0.2, 0.25) is 0 Å². The molecule has 0 heterocycles. The average Bonchev–Trinajstić information content (AvgIpc) is 3.32. The predicted molar refractivity (Wildman–Crippen MR) is 125 cm³/mol. The lowest BCUT2D eigenvalue weighted by atomic mass is 9.94. The highest BCUT2D eigenvalue weighted by Crippen LogP contribution is 2.45. The molecule has 36 heavy (non-hydrogen) atoms. The molecule has 2 N–H and O–H groups in total. The van der Waals surface area contributed by atoms with E-state index < -0.39 is 29.3 Å². The minimum absolute atomic E-state index is 0.0569. The average molecular weight is 503 g/mol. The van der Waals surface area contributed by atoms with Crippen LogP contribution in [0, 0.1) is 11.6 Å². The van der Waals surface area contributed by atoms with Gasteiger partial charge in [-0.3, -0.25) is 0 Å². The molecule has 1 aliphatic carbocycles. The van der Waals surface area contributed by atoms with Crippen molar-refractivity contribution in [2.24, 2.45) is 0 Å². The number of carbonyl (C=O) groups excluding carboxylic acids is 1. The van der Waals surface area contributed by atoms with E-state index in [9.17, 15) is 26.7 Å². The summed E-state index contributed by atoms with van der Waals surface area (Å²) in [6.45, 7) is -0.308. The first-order valence-corrected chi connectivity index (χ1v) is 11.1. The molecule has 4 nitrogen and oxygen atoms in total. The number of halogens is 5. The molecule has 9 heteroatoms.